The third-order valence-corrected chi connectivity index (χ3v) is 1.10. The molecule has 0 aromatic heterocycles. The third-order valence-electron chi connectivity index (χ3n) is 1.10. The lowest BCUT2D eigenvalue weighted by Gasteiger charge is -1.93. The molecular weight excluding hydrogens is 86.1 g/mol. The summed E-state index contributed by atoms with van der Waals surface area (Å²) >= 11 is 0. The summed E-state index contributed by atoms with van der Waals surface area (Å²) in [5.74, 6) is 0.595. The van der Waals surface area contributed by atoms with Gasteiger partial charge in [0.25, 0.3) is 0 Å². The fraction of sp³-hybridized carbons (Fsp3) is 0.833. The first-order chi connectivity index (χ1) is 3.31. The average molecular weight is 97.2 g/mol. The molecule has 0 unspecified atom stereocenters. The quantitative estimate of drug-likeness (QED) is 0.464. The molecule has 0 aromatic rings. The van der Waals surface area contributed by atoms with E-state index < -0.39 is 0 Å². The molecule has 1 heteroatoms. The summed E-state index contributed by atoms with van der Waals surface area (Å²) in [6, 6.07) is 0. The fourth-order valence-corrected chi connectivity index (χ4v) is 0.285. The van der Waals surface area contributed by atoms with Crippen LogP contribution in [0.5, 0.6) is 0 Å². The minimum Gasteiger partial charge on any atom is -0.317 e. The Labute approximate surface area is 45.2 Å². The first-order valence-electron chi connectivity index (χ1n) is 2.64. The lowest BCUT2D eigenvalue weighted by molar-refractivity contribution is 0.609. The number of nitrogens with zero attached hydrogens (tertiary/aromatic N) is 1. The summed E-state index contributed by atoms with van der Waals surface area (Å²) < 4.78 is 0. The molecule has 0 saturated carbocycles. The van der Waals surface area contributed by atoms with Gasteiger partial charge in [0.1, 0.15) is 0 Å². The van der Waals surface area contributed by atoms with Crippen molar-refractivity contribution >= 4 is 0 Å². The van der Waals surface area contributed by atoms with Crippen molar-refractivity contribution < 1.29 is 0 Å². The Morgan fingerprint density at radius 3 is 2.43 bits per heavy atom. The maximum atomic E-state index is 6.46. The first kappa shape index (κ1) is 6.49. The van der Waals surface area contributed by atoms with Crippen LogP contribution in [0.2, 0.25) is 0 Å². The van der Waals surface area contributed by atoms with Crippen molar-refractivity contribution in [3.63, 3.8) is 0 Å². The second kappa shape index (κ2) is 3.67. The van der Waals surface area contributed by atoms with E-state index in [9.17, 15) is 0 Å². The van der Waals surface area contributed by atoms with E-state index >= 15 is 0 Å². The van der Waals surface area contributed by atoms with Crippen LogP contribution in [0.25, 0.3) is 4.85 Å². The van der Waals surface area contributed by atoms with Crippen molar-refractivity contribution in [1.82, 2.24) is 0 Å². The molecule has 0 saturated heterocycles. The van der Waals surface area contributed by atoms with Crippen LogP contribution in [0.4, 0.5) is 0 Å². The Morgan fingerprint density at radius 1 is 1.71 bits per heavy atom. The van der Waals surface area contributed by atoms with Gasteiger partial charge >= 0.3 is 0 Å². The molecule has 0 aliphatic heterocycles. The lowest BCUT2D eigenvalue weighted by Crippen LogP contribution is -1.92. The molecule has 0 radical (unpaired) electrons. The molecule has 0 spiro atoms. The van der Waals surface area contributed by atoms with E-state index in [-0.39, 0.29) is 0 Å². The maximum Gasteiger partial charge on any atom is 0.217 e. The highest BCUT2D eigenvalue weighted by molar-refractivity contribution is 4.63. The van der Waals surface area contributed by atoms with Crippen molar-refractivity contribution in [2.75, 3.05) is 6.54 Å². The van der Waals surface area contributed by atoms with Gasteiger partial charge < -0.3 is 4.85 Å². The zero-order valence-corrected chi connectivity index (χ0v) is 4.94. The second-order valence-electron chi connectivity index (χ2n) is 1.85. The monoisotopic (exact) mass is 97.1 g/mol. The molecule has 1 atom stereocenters. The Kier molecular flexibility index (Phi) is 3.40. The van der Waals surface area contributed by atoms with Crippen LogP contribution in [0.15, 0.2) is 0 Å². The lowest BCUT2D eigenvalue weighted by atomic mass is 10.1. The molecule has 0 heterocycles. The predicted molar refractivity (Wildman–Crippen MR) is 30.9 cm³/mol. The van der Waals surface area contributed by atoms with Crippen molar-refractivity contribution in [3.8, 4) is 0 Å². The summed E-state index contributed by atoms with van der Waals surface area (Å²) in [6.07, 6.45) is 1.13. The molecule has 1 nitrogen and oxygen atoms in total. The van der Waals surface area contributed by atoms with Crippen LogP contribution in [-0.4, -0.2) is 6.54 Å². The molecule has 0 fully saturated rings. The maximum absolute atomic E-state index is 6.46. The third kappa shape index (κ3) is 3.32. The van der Waals surface area contributed by atoms with Gasteiger partial charge in [-0.1, -0.05) is 13.8 Å². The number of hydrogen-bond donors (Lipinski definition) is 0. The summed E-state index contributed by atoms with van der Waals surface area (Å²) in [5, 5.41) is 0. The zero-order valence-electron chi connectivity index (χ0n) is 4.94. The standard InChI is InChI=1S/C6H11N/c1-4-6(2)5-7-3/h6H,4-5H2,1-2H3/t6-/m1/s1. The van der Waals surface area contributed by atoms with Gasteiger partial charge in [-0.25, -0.2) is 6.57 Å². The van der Waals surface area contributed by atoms with Crippen LogP contribution < -0.4 is 0 Å². The number of rotatable bonds is 2. The average Bonchev–Trinajstić information content (AvgIpc) is 1.68. The zero-order chi connectivity index (χ0) is 5.70. The van der Waals surface area contributed by atoms with Gasteiger partial charge in [-0.2, -0.15) is 0 Å². The van der Waals surface area contributed by atoms with E-state index in [0.717, 1.165) is 6.42 Å². The van der Waals surface area contributed by atoms with E-state index in [1.54, 1.807) is 0 Å². The van der Waals surface area contributed by atoms with E-state index in [0.29, 0.717) is 12.5 Å². The highest BCUT2D eigenvalue weighted by atomic mass is 14.6. The smallest absolute Gasteiger partial charge is 0.217 e. The van der Waals surface area contributed by atoms with E-state index in [2.05, 4.69) is 18.7 Å². The molecule has 0 amide bonds. The largest absolute Gasteiger partial charge is 0.317 e. The first-order valence-corrected chi connectivity index (χ1v) is 2.64. The van der Waals surface area contributed by atoms with Crippen LogP contribution >= 0.6 is 0 Å². The van der Waals surface area contributed by atoms with Gasteiger partial charge in [0.05, 0.1) is 0 Å². The molecule has 0 aliphatic rings. The summed E-state index contributed by atoms with van der Waals surface area (Å²) in [7, 11) is 0. The molecule has 40 valence electrons. The molecular formula is C6H11N. The van der Waals surface area contributed by atoms with Gasteiger partial charge in [0, 0.05) is 5.92 Å². The van der Waals surface area contributed by atoms with Crippen molar-refractivity contribution in [3.05, 3.63) is 11.4 Å². The molecule has 0 bridgehead atoms. The van der Waals surface area contributed by atoms with E-state index in [1.807, 2.05) is 0 Å². The summed E-state index contributed by atoms with van der Waals surface area (Å²) in [6.45, 7) is 11.4. The van der Waals surface area contributed by atoms with Gasteiger partial charge in [0.2, 0.25) is 6.54 Å². The predicted octanol–water partition coefficient (Wildman–Crippen LogP) is 1.95. The highest BCUT2D eigenvalue weighted by Crippen LogP contribution is 1.98. The van der Waals surface area contributed by atoms with Gasteiger partial charge in [-0.3, -0.25) is 0 Å². The van der Waals surface area contributed by atoms with E-state index in [4.69, 9.17) is 6.57 Å². The van der Waals surface area contributed by atoms with Crippen molar-refractivity contribution in [2.24, 2.45) is 5.92 Å². The number of hydrogen-bond acceptors (Lipinski definition) is 0. The van der Waals surface area contributed by atoms with Gasteiger partial charge in [0.15, 0.2) is 0 Å². The van der Waals surface area contributed by atoms with Crippen LogP contribution in [0.1, 0.15) is 20.3 Å². The van der Waals surface area contributed by atoms with Crippen LogP contribution in [0, 0.1) is 12.5 Å². The van der Waals surface area contributed by atoms with Crippen LogP contribution in [-0.2, 0) is 0 Å². The molecule has 7 heavy (non-hydrogen) atoms. The molecule has 0 rings (SSSR count). The summed E-state index contributed by atoms with van der Waals surface area (Å²) in [4.78, 5) is 3.26. The molecule has 0 aromatic carbocycles. The Balaban J connectivity index is 3.03. The Bertz CT molecular complexity index is 70.7. The minimum atomic E-state index is 0.595. The van der Waals surface area contributed by atoms with Gasteiger partial charge in [-0.15, -0.1) is 0 Å². The molecule has 0 N–H and O–H groups in total. The summed E-state index contributed by atoms with van der Waals surface area (Å²) in [5.41, 5.74) is 0. The van der Waals surface area contributed by atoms with E-state index in [1.165, 1.54) is 0 Å². The SMILES string of the molecule is [C-]#[N+]C[C@H](C)CC. The fourth-order valence-electron chi connectivity index (χ4n) is 0.285. The Hall–Kier alpha value is -0.510. The topological polar surface area (TPSA) is 4.36 Å². The minimum absolute atomic E-state index is 0.595. The van der Waals surface area contributed by atoms with Crippen molar-refractivity contribution in [1.29, 1.82) is 0 Å². The molecule has 0 aliphatic carbocycles. The normalized spacial score (nSPS) is 12.7. The van der Waals surface area contributed by atoms with Gasteiger partial charge in [-0.05, 0) is 6.42 Å². The Morgan fingerprint density at radius 2 is 2.29 bits per heavy atom. The van der Waals surface area contributed by atoms with Crippen molar-refractivity contribution in [2.45, 2.75) is 20.3 Å². The second-order valence-corrected chi connectivity index (χ2v) is 1.85. The highest BCUT2D eigenvalue weighted by Gasteiger charge is 1.97. The van der Waals surface area contributed by atoms with Crippen LogP contribution in [0.3, 0.4) is 0 Å².